The molecule has 0 spiro atoms. The smallest absolute Gasteiger partial charge is 0.137 e. The summed E-state index contributed by atoms with van der Waals surface area (Å²) >= 11 is 0. The average molecular weight is 450 g/mol. The van der Waals surface area contributed by atoms with Gasteiger partial charge >= 0.3 is 0 Å². The summed E-state index contributed by atoms with van der Waals surface area (Å²) in [6.45, 7) is 1.39. The van der Waals surface area contributed by atoms with E-state index in [1.807, 2.05) is 60.8 Å². The normalized spacial score (nSPS) is 13.7. The Labute approximate surface area is 198 Å². The minimum atomic E-state index is 0.0838. The van der Waals surface area contributed by atoms with Crippen LogP contribution in [0.15, 0.2) is 79.4 Å². The van der Waals surface area contributed by atoms with E-state index in [4.69, 9.17) is 9.47 Å². The van der Waals surface area contributed by atoms with Crippen LogP contribution in [0, 0.1) is 11.3 Å². The van der Waals surface area contributed by atoms with Gasteiger partial charge in [-0.2, -0.15) is 5.26 Å². The average Bonchev–Trinajstić information content (AvgIpc) is 2.91. The predicted molar refractivity (Wildman–Crippen MR) is 130 cm³/mol. The Hall–Kier alpha value is -4.28. The highest BCUT2D eigenvalue weighted by Gasteiger charge is 2.17. The molecule has 34 heavy (non-hydrogen) atoms. The van der Waals surface area contributed by atoms with Crippen LogP contribution in [-0.2, 0) is 4.74 Å². The number of hydrogen-bond donors (Lipinski definition) is 1. The van der Waals surface area contributed by atoms with Gasteiger partial charge in [0.1, 0.15) is 29.6 Å². The lowest BCUT2D eigenvalue weighted by atomic mass is 10.0. The van der Waals surface area contributed by atoms with Gasteiger partial charge in [-0.15, -0.1) is 0 Å². The van der Waals surface area contributed by atoms with E-state index in [1.54, 1.807) is 18.6 Å². The van der Waals surface area contributed by atoms with Crippen LogP contribution in [0.4, 0.5) is 11.6 Å². The summed E-state index contributed by atoms with van der Waals surface area (Å²) < 4.78 is 11.5. The molecule has 1 N–H and O–H groups in total. The van der Waals surface area contributed by atoms with E-state index in [-0.39, 0.29) is 6.10 Å². The fraction of sp³-hybridized carbons (Fsp3) is 0.185. The van der Waals surface area contributed by atoms with Crippen molar-refractivity contribution in [3.8, 4) is 34.1 Å². The summed E-state index contributed by atoms with van der Waals surface area (Å²) in [6, 6.07) is 19.6. The summed E-state index contributed by atoms with van der Waals surface area (Å²) in [5.74, 6) is 1.97. The Balaban J connectivity index is 1.32. The molecule has 7 nitrogen and oxygen atoms in total. The van der Waals surface area contributed by atoms with Gasteiger partial charge in [0, 0.05) is 48.8 Å². The molecule has 0 saturated carbocycles. The third kappa shape index (κ3) is 5.03. The summed E-state index contributed by atoms with van der Waals surface area (Å²) in [6.07, 6.45) is 8.86. The van der Waals surface area contributed by atoms with Crippen LogP contribution in [0.2, 0.25) is 0 Å². The van der Waals surface area contributed by atoms with Crippen LogP contribution in [0.3, 0.4) is 0 Å². The lowest BCUT2D eigenvalue weighted by molar-refractivity contribution is 0.0254. The third-order valence-corrected chi connectivity index (χ3v) is 5.67. The van der Waals surface area contributed by atoms with E-state index in [0.717, 1.165) is 35.1 Å². The molecule has 1 aliphatic heterocycles. The van der Waals surface area contributed by atoms with Crippen LogP contribution < -0.4 is 10.1 Å². The maximum absolute atomic E-state index is 9.68. The number of ether oxygens (including phenoxy) is 2. The van der Waals surface area contributed by atoms with Crippen molar-refractivity contribution in [1.29, 1.82) is 5.26 Å². The third-order valence-electron chi connectivity index (χ3n) is 5.67. The van der Waals surface area contributed by atoms with Gasteiger partial charge in [0.25, 0.3) is 0 Å². The van der Waals surface area contributed by atoms with Gasteiger partial charge in [-0.05, 0) is 53.6 Å². The summed E-state index contributed by atoms with van der Waals surface area (Å²) in [7, 11) is 0. The van der Waals surface area contributed by atoms with Crippen LogP contribution in [0.25, 0.3) is 22.3 Å². The molecule has 4 heterocycles. The summed E-state index contributed by atoms with van der Waals surface area (Å²) in [5, 5.41) is 12.9. The first-order chi connectivity index (χ1) is 16.8. The van der Waals surface area contributed by atoms with E-state index >= 15 is 0 Å². The van der Waals surface area contributed by atoms with Gasteiger partial charge < -0.3 is 14.8 Å². The highest BCUT2D eigenvalue weighted by molar-refractivity contribution is 5.71. The Morgan fingerprint density at radius 3 is 2.44 bits per heavy atom. The van der Waals surface area contributed by atoms with Gasteiger partial charge in [-0.25, -0.2) is 9.97 Å². The molecular formula is C27H23N5O2. The lowest BCUT2D eigenvalue weighted by Crippen LogP contribution is -2.26. The first-order valence-corrected chi connectivity index (χ1v) is 11.2. The molecule has 0 atom stereocenters. The molecule has 0 unspecified atom stereocenters. The second kappa shape index (κ2) is 10.1. The molecule has 7 heteroatoms. The second-order valence-corrected chi connectivity index (χ2v) is 7.98. The zero-order chi connectivity index (χ0) is 23.2. The van der Waals surface area contributed by atoms with Gasteiger partial charge in [-0.3, -0.25) is 4.98 Å². The summed E-state index contributed by atoms with van der Waals surface area (Å²) in [4.78, 5) is 13.1. The SMILES string of the molecule is N#Cc1cc(-c2ccnc(Nc3ccc(-c4cccnc4)cn3)c2)ccc1OC1CCOCC1. The molecular weight excluding hydrogens is 426 g/mol. The molecule has 1 aromatic carbocycles. The highest BCUT2D eigenvalue weighted by Crippen LogP contribution is 2.29. The quantitative estimate of drug-likeness (QED) is 0.422. The zero-order valence-electron chi connectivity index (χ0n) is 18.5. The van der Waals surface area contributed by atoms with Crippen LogP contribution in [-0.4, -0.2) is 34.3 Å². The monoisotopic (exact) mass is 449 g/mol. The molecule has 168 valence electrons. The Bertz CT molecular complexity index is 1300. The minimum Gasteiger partial charge on any atom is -0.489 e. The Morgan fingerprint density at radius 1 is 0.853 bits per heavy atom. The minimum absolute atomic E-state index is 0.0838. The first kappa shape index (κ1) is 21.6. The molecule has 0 aliphatic carbocycles. The molecule has 1 fully saturated rings. The molecule has 0 bridgehead atoms. The molecule has 5 rings (SSSR count). The van der Waals surface area contributed by atoms with Crippen molar-refractivity contribution in [2.45, 2.75) is 18.9 Å². The zero-order valence-corrected chi connectivity index (χ0v) is 18.5. The maximum Gasteiger partial charge on any atom is 0.137 e. The predicted octanol–water partition coefficient (Wildman–Crippen LogP) is 5.38. The van der Waals surface area contributed by atoms with Crippen molar-refractivity contribution in [2.75, 3.05) is 18.5 Å². The molecule has 0 amide bonds. The van der Waals surface area contributed by atoms with Crippen molar-refractivity contribution in [1.82, 2.24) is 15.0 Å². The largest absolute Gasteiger partial charge is 0.489 e. The molecule has 1 saturated heterocycles. The van der Waals surface area contributed by atoms with Crippen molar-refractivity contribution >= 4 is 11.6 Å². The highest BCUT2D eigenvalue weighted by atomic mass is 16.5. The number of nitrogens with zero attached hydrogens (tertiary/aromatic N) is 4. The van der Waals surface area contributed by atoms with E-state index in [0.29, 0.717) is 36.2 Å². The summed E-state index contributed by atoms with van der Waals surface area (Å²) in [5.41, 5.74) is 4.38. The first-order valence-electron chi connectivity index (χ1n) is 11.2. The second-order valence-electron chi connectivity index (χ2n) is 7.98. The van der Waals surface area contributed by atoms with Crippen molar-refractivity contribution in [2.24, 2.45) is 0 Å². The molecule has 1 aliphatic rings. The van der Waals surface area contributed by atoms with Crippen molar-refractivity contribution < 1.29 is 9.47 Å². The van der Waals surface area contributed by atoms with Crippen molar-refractivity contribution in [3.63, 3.8) is 0 Å². The van der Waals surface area contributed by atoms with Gasteiger partial charge in [0.15, 0.2) is 0 Å². The molecule has 4 aromatic rings. The Morgan fingerprint density at radius 2 is 1.68 bits per heavy atom. The van der Waals surface area contributed by atoms with Crippen LogP contribution in [0.1, 0.15) is 18.4 Å². The van der Waals surface area contributed by atoms with Crippen LogP contribution >= 0.6 is 0 Å². The molecule has 0 radical (unpaired) electrons. The number of nitrogens with one attached hydrogen (secondary N) is 1. The van der Waals surface area contributed by atoms with E-state index in [2.05, 4.69) is 26.3 Å². The number of anilines is 2. The molecule has 3 aromatic heterocycles. The Kier molecular flexibility index (Phi) is 6.41. The van der Waals surface area contributed by atoms with Gasteiger partial charge in [-0.1, -0.05) is 12.1 Å². The maximum atomic E-state index is 9.68. The van der Waals surface area contributed by atoms with E-state index in [1.165, 1.54) is 0 Å². The number of nitriles is 1. The standard InChI is InChI=1S/C27H23N5O2/c28-16-23-14-19(3-5-25(23)34-24-8-12-33-13-9-24)20-7-11-30-27(15-20)32-26-6-4-22(18-31-26)21-2-1-10-29-17-21/h1-7,10-11,14-15,17-18,24H,8-9,12-13H2,(H,30,31,32). The number of aromatic nitrogens is 3. The van der Waals surface area contributed by atoms with Gasteiger partial charge in [0.05, 0.1) is 18.8 Å². The number of benzene rings is 1. The fourth-order valence-corrected chi connectivity index (χ4v) is 3.85. The number of hydrogen-bond acceptors (Lipinski definition) is 7. The fourth-order valence-electron chi connectivity index (χ4n) is 3.85. The number of pyridine rings is 3. The van der Waals surface area contributed by atoms with Crippen LogP contribution in [0.5, 0.6) is 5.75 Å². The number of rotatable bonds is 6. The van der Waals surface area contributed by atoms with E-state index in [9.17, 15) is 5.26 Å². The van der Waals surface area contributed by atoms with Crippen molar-refractivity contribution in [3.05, 3.63) is 84.9 Å². The van der Waals surface area contributed by atoms with E-state index < -0.39 is 0 Å². The lowest BCUT2D eigenvalue weighted by Gasteiger charge is -2.23. The topological polar surface area (TPSA) is 93.0 Å². The van der Waals surface area contributed by atoms with Gasteiger partial charge in [0.2, 0.25) is 0 Å².